The number of benzene rings is 2. The van der Waals surface area contributed by atoms with Gasteiger partial charge in [-0.25, -0.2) is 9.97 Å². The van der Waals surface area contributed by atoms with E-state index in [0.717, 1.165) is 22.0 Å². The van der Waals surface area contributed by atoms with Crippen LogP contribution in [0.25, 0.3) is 22.3 Å². The number of hydrogen-bond donors (Lipinski definition) is 0. The molecule has 0 aliphatic carbocycles. The van der Waals surface area contributed by atoms with Gasteiger partial charge >= 0.3 is 0 Å². The summed E-state index contributed by atoms with van der Waals surface area (Å²) in [5, 5.41) is 1.95. The minimum atomic E-state index is 0.448. The molecule has 0 radical (unpaired) electrons. The lowest BCUT2D eigenvalue weighted by Crippen LogP contribution is -1.94. The summed E-state index contributed by atoms with van der Waals surface area (Å²) >= 11 is 12.4. The molecule has 0 fully saturated rings. The zero-order valence-electron chi connectivity index (χ0n) is 10.2. The van der Waals surface area contributed by atoms with Crippen LogP contribution in [0.4, 0.5) is 0 Å². The van der Waals surface area contributed by atoms with Crippen LogP contribution in [0, 0.1) is 6.92 Å². The van der Waals surface area contributed by atoms with Crippen molar-refractivity contribution in [1.82, 2.24) is 9.97 Å². The summed E-state index contributed by atoms with van der Waals surface area (Å²) < 4.78 is 0. The molecular weight excluding hydrogens is 279 g/mol. The number of hydrogen-bond acceptors (Lipinski definition) is 2. The number of fused-ring (bicyclic) bond motifs is 1. The highest BCUT2D eigenvalue weighted by Gasteiger charge is 2.11. The number of aryl methyl sites for hydroxylation is 1. The molecule has 0 unspecified atom stereocenters. The van der Waals surface area contributed by atoms with Gasteiger partial charge in [0.05, 0.1) is 5.52 Å². The van der Waals surface area contributed by atoms with Crippen molar-refractivity contribution in [2.45, 2.75) is 6.92 Å². The Morgan fingerprint density at radius 3 is 2.37 bits per heavy atom. The summed E-state index contributed by atoms with van der Waals surface area (Å²) in [6.45, 7) is 1.93. The SMILES string of the molecule is Cc1c(Cl)ccc2c(Cl)nc(-c3ccccc3)nc12. The van der Waals surface area contributed by atoms with Crippen LogP contribution in [-0.4, -0.2) is 9.97 Å². The Morgan fingerprint density at radius 1 is 0.895 bits per heavy atom. The van der Waals surface area contributed by atoms with E-state index in [1.54, 1.807) is 0 Å². The molecule has 19 heavy (non-hydrogen) atoms. The van der Waals surface area contributed by atoms with E-state index in [4.69, 9.17) is 23.2 Å². The van der Waals surface area contributed by atoms with E-state index in [0.29, 0.717) is 16.0 Å². The van der Waals surface area contributed by atoms with Gasteiger partial charge in [-0.2, -0.15) is 0 Å². The minimum absolute atomic E-state index is 0.448. The van der Waals surface area contributed by atoms with E-state index in [1.807, 2.05) is 49.4 Å². The predicted molar refractivity (Wildman–Crippen MR) is 79.7 cm³/mol. The Kier molecular flexibility index (Phi) is 3.13. The van der Waals surface area contributed by atoms with Gasteiger partial charge in [0.15, 0.2) is 5.82 Å². The highest BCUT2D eigenvalue weighted by Crippen LogP contribution is 2.30. The van der Waals surface area contributed by atoms with Gasteiger partial charge < -0.3 is 0 Å². The highest BCUT2D eigenvalue weighted by molar-refractivity contribution is 6.35. The van der Waals surface area contributed by atoms with Crippen molar-refractivity contribution >= 4 is 34.1 Å². The maximum atomic E-state index is 6.24. The van der Waals surface area contributed by atoms with Crippen LogP contribution in [0.1, 0.15) is 5.56 Å². The molecule has 3 aromatic rings. The van der Waals surface area contributed by atoms with Crippen molar-refractivity contribution in [3.05, 3.63) is 58.2 Å². The van der Waals surface area contributed by atoms with Gasteiger partial charge in [-0.1, -0.05) is 53.5 Å². The Hall–Kier alpha value is -1.64. The van der Waals surface area contributed by atoms with Gasteiger partial charge in [0.1, 0.15) is 5.15 Å². The van der Waals surface area contributed by atoms with Gasteiger partial charge in [0.2, 0.25) is 0 Å². The Balaban J connectivity index is 2.32. The maximum absolute atomic E-state index is 6.24. The van der Waals surface area contributed by atoms with Gasteiger partial charge in [0, 0.05) is 16.0 Å². The average Bonchev–Trinajstić information content (AvgIpc) is 2.44. The molecule has 1 aromatic heterocycles. The molecule has 94 valence electrons. The number of nitrogens with zero attached hydrogens (tertiary/aromatic N) is 2. The van der Waals surface area contributed by atoms with Crippen LogP contribution in [0.3, 0.4) is 0 Å². The smallest absolute Gasteiger partial charge is 0.161 e. The third kappa shape index (κ3) is 2.18. The molecule has 0 N–H and O–H groups in total. The summed E-state index contributed by atoms with van der Waals surface area (Å²) in [5.41, 5.74) is 2.65. The first-order valence-corrected chi connectivity index (χ1v) is 6.60. The molecule has 2 nitrogen and oxygen atoms in total. The number of rotatable bonds is 1. The number of halogens is 2. The largest absolute Gasteiger partial charge is 0.228 e. The molecule has 0 saturated carbocycles. The van der Waals surface area contributed by atoms with Crippen molar-refractivity contribution in [1.29, 1.82) is 0 Å². The molecule has 0 aliphatic heterocycles. The summed E-state index contributed by atoms with van der Waals surface area (Å²) in [7, 11) is 0. The lowest BCUT2D eigenvalue weighted by Gasteiger charge is -2.07. The van der Waals surface area contributed by atoms with Gasteiger partial charge in [-0.15, -0.1) is 0 Å². The molecule has 2 aromatic carbocycles. The second kappa shape index (κ2) is 4.80. The molecule has 1 heterocycles. The summed E-state index contributed by atoms with van der Waals surface area (Å²) in [5.74, 6) is 0.614. The van der Waals surface area contributed by atoms with E-state index >= 15 is 0 Å². The lowest BCUT2D eigenvalue weighted by molar-refractivity contribution is 1.22. The molecule has 0 spiro atoms. The second-order valence-electron chi connectivity index (χ2n) is 4.27. The Bertz CT molecular complexity index is 755. The molecule has 0 saturated heterocycles. The fourth-order valence-corrected chi connectivity index (χ4v) is 2.37. The number of aromatic nitrogens is 2. The van der Waals surface area contributed by atoms with E-state index in [1.165, 1.54) is 0 Å². The first kappa shape index (κ1) is 12.4. The van der Waals surface area contributed by atoms with Crippen molar-refractivity contribution in [2.75, 3.05) is 0 Å². The normalized spacial score (nSPS) is 10.9. The Morgan fingerprint density at radius 2 is 1.63 bits per heavy atom. The fraction of sp³-hybridized carbons (Fsp3) is 0.0667. The molecule has 3 rings (SSSR count). The first-order chi connectivity index (χ1) is 9.16. The monoisotopic (exact) mass is 288 g/mol. The molecule has 0 atom stereocenters. The average molecular weight is 289 g/mol. The molecular formula is C15H10Cl2N2. The third-order valence-corrected chi connectivity index (χ3v) is 3.74. The second-order valence-corrected chi connectivity index (χ2v) is 5.04. The summed E-state index contributed by atoms with van der Waals surface area (Å²) in [4.78, 5) is 8.94. The summed E-state index contributed by atoms with van der Waals surface area (Å²) in [6.07, 6.45) is 0. The van der Waals surface area contributed by atoms with Gasteiger partial charge in [-0.05, 0) is 24.6 Å². The fourth-order valence-electron chi connectivity index (χ4n) is 1.99. The lowest BCUT2D eigenvalue weighted by atomic mass is 10.1. The summed E-state index contributed by atoms with van der Waals surface area (Å²) in [6, 6.07) is 13.4. The van der Waals surface area contributed by atoms with Crippen LogP contribution >= 0.6 is 23.2 Å². The highest BCUT2D eigenvalue weighted by atomic mass is 35.5. The zero-order valence-corrected chi connectivity index (χ0v) is 11.7. The molecule has 0 amide bonds. The van der Waals surface area contributed by atoms with Crippen LogP contribution < -0.4 is 0 Å². The van der Waals surface area contributed by atoms with Crippen LogP contribution in [0.5, 0.6) is 0 Å². The van der Waals surface area contributed by atoms with E-state index < -0.39 is 0 Å². The first-order valence-electron chi connectivity index (χ1n) is 5.84. The predicted octanol–water partition coefficient (Wildman–Crippen LogP) is 4.91. The molecule has 4 heteroatoms. The topological polar surface area (TPSA) is 25.8 Å². The van der Waals surface area contributed by atoms with Gasteiger partial charge in [-0.3, -0.25) is 0 Å². The van der Waals surface area contributed by atoms with Crippen molar-refractivity contribution < 1.29 is 0 Å². The van der Waals surface area contributed by atoms with Crippen LogP contribution in [0.2, 0.25) is 10.2 Å². The van der Waals surface area contributed by atoms with Gasteiger partial charge in [0.25, 0.3) is 0 Å². The van der Waals surface area contributed by atoms with Crippen LogP contribution in [-0.2, 0) is 0 Å². The quantitative estimate of drug-likeness (QED) is 0.595. The molecule has 0 aliphatic rings. The van der Waals surface area contributed by atoms with E-state index in [9.17, 15) is 0 Å². The van der Waals surface area contributed by atoms with Crippen molar-refractivity contribution in [3.8, 4) is 11.4 Å². The maximum Gasteiger partial charge on any atom is 0.161 e. The van der Waals surface area contributed by atoms with E-state index in [2.05, 4.69) is 9.97 Å². The standard InChI is InChI=1S/C15H10Cl2N2/c1-9-12(16)8-7-11-13(9)18-15(19-14(11)17)10-5-3-2-4-6-10/h2-8H,1H3. The van der Waals surface area contributed by atoms with Crippen LogP contribution in [0.15, 0.2) is 42.5 Å². The van der Waals surface area contributed by atoms with E-state index in [-0.39, 0.29) is 0 Å². The zero-order chi connectivity index (χ0) is 13.4. The molecule has 0 bridgehead atoms. The Labute approximate surface area is 121 Å². The van der Waals surface area contributed by atoms with Crippen molar-refractivity contribution in [3.63, 3.8) is 0 Å². The minimum Gasteiger partial charge on any atom is -0.228 e. The third-order valence-electron chi connectivity index (χ3n) is 3.04. The van der Waals surface area contributed by atoms with Crippen molar-refractivity contribution in [2.24, 2.45) is 0 Å².